The number of imidazole rings is 1. The van der Waals surface area contributed by atoms with Crippen LogP contribution in [0, 0.1) is 6.92 Å². The maximum absolute atomic E-state index is 12.3. The van der Waals surface area contributed by atoms with Gasteiger partial charge < -0.3 is 19.9 Å². The molecule has 0 unspecified atom stereocenters. The minimum absolute atomic E-state index is 0.243. The first-order valence-corrected chi connectivity index (χ1v) is 12.4. The van der Waals surface area contributed by atoms with Gasteiger partial charge in [0.2, 0.25) is 5.95 Å². The third-order valence-electron chi connectivity index (χ3n) is 6.08. The molecule has 0 saturated carbocycles. The van der Waals surface area contributed by atoms with Gasteiger partial charge in [-0.3, -0.25) is 4.90 Å². The summed E-state index contributed by atoms with van der Waals surface area (Å²) in [5.74, 6) is 1.34. The average molecular weight is 501 g/mol. The molecule has 1 saturated heterocycles. The molecular weight excluding hydrogens is 468 g/mol. The van der Waals surface area contributed by atoms with Crippen molar-refractivity contribution < 1.29 is 9.53 Å². The lowest BCUT2D eigenvalue weighted by Gasteiger charge is -2.35. The van der Waals surface area contributed by atoms with Gasteiger partial charge in [0.05, 0.1) is 16.7 Å². The van der Waals surface area contributed by atoms with Crippen LogP contribution in [-0.4, -0.2) is 72.6 Å². The van der Waals surface area contributed by atoms with E-state index in [9.17, 15) is 4.79 Å². The quantitative estimate of drug-likeness (QED) is 0.411. The van der Waals surface area contributed by atoms with E-state index in [2.05, 4.69) is 35.1 Å². The number of ether oxygens (including phenoxy) is 1. The molecule has 0 aliphatic carbocycles. The number of aromatic nitrogens is 5. The number of aromatic amines is 1. The molecule has 0 spiro atoms. The molecule has 0 atom stereocenters. The minimum Gasteiger partial charge on any atom is -0.444 e. The Labute approximate surface area is 216 Å². The highest BCUT2D eigenvalue weighted by Crippen LogP contribution is 2.24. The average Bonchev–Trinajstić information content (AvgIpc) is 3.25. The van der Waals surface area contributed by atoms with E-state index >= 15 is 0 Å². The van der Waals surface area contributed by atoms with Crippen molar-refractivity contribution in [1.29, 1.82) is 0 Å². The van der Waals surface area contributed by atoms with Crippen LogP contribution in [0.15, 0.2) is 48.9 Å². The second-order valence-electron chi connectivity index (χ2n) is 10.3. The lowest BCUT2D eigenvalue weighted by atomic mass is 10.1. The van der Waals surface area contributed by atoms with Gasteiger partial charge in [-0.15, -0.1) is 0 Å². The number of nitrogens with one attached hydrogen (secondary N) is 2. The lowest BCUT2D eigenvalue weighted by Crippen LogP contribution is -2.49. The highest BCUT2D eigenvalue weighted by molar-refractivity contribution is 5.83. The minimum atomic E-state index is -0.479. The molecule has 3 aromatic heterocycles. The number of nitrogens with zero attached hydrogens (tertiary/aromatic N) is 6. The standard InChI is InChI=1S/C27H32N8O2/c1-18-13-22(30-17-29-18)20-5-6-21-23(15-20)32-25(31-21)33-24-14-19(7-8-28-24)16-34-9-11-35(12-10-34)26(36)37-27(2,3)4/h5-8,13-15,17H,9-12,16H2,1-4H3,(H2,28,31,32,33). The number of pyridine rings is 1. The zero-order chi connectivity index (χ0) is 26.0. The van der Waals surface area contributed by atoms with Crippen molar-refractivity contribution in [3.8, 4) is 11.3 Å². The zero-order valence-electron chi connectivity index (χ0n) is 21.7. The van der Waals surface area contributed by atoms with E-state index in [-0.39, 0.29) is 6.09 Å². The highest BCUT2D eigenvalue weighted by atomic mass is 16.6. The fourth-order valence-corrected chi connectivity index (χ4v) is 4.28. The molecular formula is C27H32N8O2. The Kier molecular flexibility index (Phi) is 6.75. The summed E-state index contributed by atoms with van der Waals surface area (Å²) in [6.45, 7) is 11.3. The second-order valence-corrected chi connectivity index (χ2v) is 10.3. The number of anilines is 2. The van der Waals surface area contributed by atoms with Gasteiger partial charge in [-0.2, -0.15) is 0 Å². The Morgan fingerprint density at radius 2 is 1.86 bits per heavy atom. The van der Waals surface area contributed by atoms with E-state index in [1.54, 1.807) is 17.4 Å². The van der Waals surface area contributed by atoms with Crippen LogP contribution in [0.2, 0.25) is 0 Å². The van der Waals surface area contributed by atoms with Crippen LogP contribution in [0.1, 0.15) is 32.0 Å². The molecule has 1 amide bonds. The van der Waals surface area contributed by atoms with Crippen molar-refractivity contribution in [3.05, 3.63) is 60.2 Å². The number of hydrogen-bond donors (Lipinski definition) is 2. The Morgan fingerprint density at radius 1 is 1.05 bits per heavy atom. The number of fused-ring (bicyclic) bond motifs is 1. The van der Waals surface area contributed by atoms with Crippen LogP contribution in [0.4, 0.5) is 16.6 Å². The molecule has 0 bridgehead atoms. The van der Waals surface area contributed by atoms with E-state index in [1.165, 1.54) is 0 Å². The van der Waals surface area contributed by atoms with Crippen molar-refractivity contribution in [2.24, 2.45) is 0 Å². The number of rotatable bonds is 5. The first-order valence-electron chi connectivity index (χ1n) is 12.4. The summed E-state index contributed by atoms with van der Waals surface area (Å²) in [5, 5.41) is 3.29. The number of aryl methyl sites for hydroxylation is 1. The van der Waals surface area contributed by atoms with Crippen molar-refractivity contribution in [2.75, 3.05) is 31.5 Å². The molecule has 1 fully saturated rings. The van der Waals surface area contributed by atoms with E-state index in [1.807, 2.05) is 64.1 Å². The van der Waals surface area contributed by atoms with Crippen molar-refractivity contribution in [3.63, 3.8) is 0 Å². The van der Waals surface area contributed by atoms with E-state index in [0.717, 1.165) is 59.0 Å². The number of piperazine rings is 1. The molecule has 5 rings (SSSR count). The van der Waals surface area contributed by atoms with Gasteiger partial charge in [-0.25, -0.2) is 24.7 Å². The smallest absolute Gasteiger partial charge is 0.410 e. The number of amides is 1. The molecule has 1 aliphatic heterocycles. The number of hydrogen-bond acceptors (Lipinski definition) is 8. The fraction of sp³-hybridized carbons (Fsp3) is 0.370. The summed E-state index contributed by atoms with van der Waals surface area (Å²) in [5.41, 5.74) is 5.23. The monoisotopic (exact) mass is 500 g/mol. The van der Waals surface area contributed by atoms with Crippen LogP contribution in [0.3, 0.4) is 0 Å². The van der Waals surface area contributed by atoms with Gasteiger partial charge in [0.1, 0.15) is 17.7 Å². The first-order chi connectivity index (χ1) is 17.7. The first kappa shape index (κ1) is 24.6. The SMILES string of the molecule is Cc1cc(-c2ccc3nc(Nc4cc(CN5CCN(C(=O)OC(C)(C)C)CC5)ccn4)[nH]c3c2)ncn1. The van der Waals surface area contributed by atoms with E-state index < -0.39 is 5.60 Å². The van der Waals surface area contributed by atoms with Gasteiger partial charge in [0, 0.05) is 50.2 Å². The normalized spacial score (nSPS) is 14.6. The van der Waals surface area contributed by atoms with Crippen LogP contribution >= 0.6 is 0 Å². The fourth-order valence-electron chi connectivity index (χ4n) is 4.28. The highest BCUT2D eigenvalue weighted by Gasteiger charge is 2.25. The van der Waals surface area contributed by atoms with Gasteiger partial charge in [-0.1, -0.05) is 6.07 Å². The van der Waals surface area contributed by atoms with E-state index in [0.29, 0.717) is 19.0 Å². The molecule has 1 aliphatic rings. The van der Waals surface area contributed by atoms with Crippen LogP contribution in [0.5, 0.6) is 0 Å². The summed E-state index contributed by atoms with van der Waals surface area (Å²) in [6, 6.07) is 12.0. The molecule has 2 N–H and O–H groups in total. The van der Waals surface area contributed by atoms with Crippen LogP contribution in [0.25, 0.3) is 22.3 Å². The molecule has 10 nitrogen and oxygen atoms in total. The number of carbonyl (C=O) groups is 1. The van der Waals surface area contributed by atoms with E-state index in [4.69, 9.17) is 4.74 Å². The molecule has 4 aromatic rings. The second kappa shape index (κ2) is 10.1. The predicted octanol–water partition coefficient (Wildman–Crippen LogP) is 4.52. The topological polar surface area (TPSA) is 112 Å². The molecule has 4 heterocycles. The maximum Gasteiger partial charge on any atom is 0.410 e. The van der Waals surface area contributed by atoms with Crippen molar-refractivity contribution in [2.45, 2.75) is 39.8 Å². The molecule has 37 heavy (non-hydrogen) atoms. The summed E-state index contributed by atoms with van der Waals surface area (Å²) >= 11 is 0. The Balaban J connectivity index is 1.21. The Hall–Kier alpha value is -4.05. The summed E-state index contributed by atoms with van der Waals surface area (Å²) < 4.78 is 5.50. The maximum atomic E-state index is 12.3. The zero-order valence-corrected chi connectivity index (χ0v) is 21.7. The predicted molar refractivity (Wildman–Crippen MR) is 142 cm³/mol. The molecule has 192 valence electrons. The number of carbonyl (C=O) groups excluding carboxylic acids is 1. The number of benzene rings is 1. The summed E-state index contributed by atoms with van der Waals surface area (Å²) in [4.78, 5) is 37.4. The van der Waals surface area contributed by atoms with Gasteiger partial charge in [0.15, 0.2) is 0 Å². The van der Waals surface area contributed by atoms with Crippen molar-refractivity contribution in [1.82, 2.24) is 34.7 Å². The third kappa shape index (κ3) is 6.21. The number of H-pyrrole nitrogens is 1. The third-order valence-corrected chi connectivity index (χ3v) is 6.08. The van der Waals surface area contributed by atoms with Gasteiger partial charge in [-0.05, 0) is 63.6 Å². The largest absolute Gasteiger partial charge is 0.444 e. The van der Waals surface area contributed by atoms with Crippen LogP contribution in [-0.2, 0) is 11.3 Å². The lowest BCUT2D eigenvalue weighted by molar-refractivity contribution is 0.0139. The van der Waals surface area contributed by atoms with Crippen molar-refractivity contribution >= 4 is 28.9 Å². The summed E-state index contributed by atoms with van der Waals surface area (Å²) in [7, 11) is 0. The van der Waals surface area contributed by atoms with Gasteiger partial charge in [0.25, 0.3) is 0 Å². The van der Waals surface area contributed by atoms with Crippen LogP contribution < -0.4 is 5.32 Å². The molecule has 10 heteroatoms. The molecule has 1 aromatic carbocycles. The Bertz CT molecular complexity index is 1400. The molecule has 0 radical (unpaired) electrons. The summed E-state index contributed by atoms with van der Waals surface area (Å²) in [6.07, 6.45) is 3.13. The Morgan fingerprint density at radius 3 is 2.62 bits per heavy atom. The van der Waals surface area contributed by atoms with Gasteiger partial charge >= 0.3 is 6.09 Å².